The first kappa shape index (κ1) is 33.6. The molecule has 229 valence electrons. The van der Waals surface area contributed by atoms with Gasteiger partial charge < -0.3 is 9.97 Å². The first-order valence-electron chi connectivity index (χ1n) is 15.6. The summed E-state index contributed by atoms with van der Waals surface area (Å²) in [7, 11) is -1.42. The molecule has 3 heterocycles. The van der Waals surface area contributed by atoms with Crippen LogP contribution in [0, 0.1) is 31.9 Å². The fourth-order valence-electron chi connectivity index (χ4n) is 6.18. The summed E-state index contributed by atoms with van der Waals surface area (Å²) in [5.74, 6) is 1.45. The van der Waals surface area contributed by atoms with E-state index in [0.29, 0.717) is 5.92 Å². The predicted octanol–water partition coefficient (Wildman–Crippen LogP) is 9.61. The maximum absolute atomic E-state index is 4.84. The second-order valence-corrected chi connectivity index (χ2v) is 17.9. The maximum Gasteiger partial charge on any atom is 0.0798 e. The molecule has 5 heteroatoms. The summed E-state index contributed by atoms with van der Waals surface area (Å²) in [5, 5.41) is 1.53. The van der Waals surface area contributed by atoms with E-state index in [-0.39, 0.29) is 20.1 Å². The van der Waals surface area contributed by atoms with Gasteiger partial charge in [0.25, 0.3) is 0 Å². The van der Waals surface area contributed by atoms with Crippen LogP contribution in [0.4, 0.5) is 0 Å². The second-order valence-electron chi connectivity index (χ2n) is 12.8. The largest absolute Gasteiger partial charge is 0.321 e. The standard InChI is InChI=1S/C22H31N2Si.C17H12N.Ir/c1-15-11-19(12-16(2)24-15)21-13-20(17(3)18-9-7-8-10-18)22(14-23-21)25(4,5)6;1-3-7-14(8-4-1)16-11-12-18-17(13-16)15-9-5-2-6-10-15;/h11,13-14,17-18H,7-10H2,1-6H3;1-9,11-13H;/q2*-1;. The van der Waals surface area contributed by atoms with Crippen LogP contribution in [0.2, 0.25) is 19.6 Å². The molecule has 1 saturated carbocycles. The number of aromatic nitrogens is 3. The molecule has 3 nitrogen and oxygen atoms in total. The van der Waals surface area contributed by atoms with Crippen LogP contribution in [0.5, 0.6) is 0 Å². The Bertz CT molecular complexity index is 1570. The average molecular weight is 774 g/mol. The van der Waals surface area contributed by atoms with Crippen molar-refractivity contribution in [2.75, 3.05) is 0 Å². The van der Waals surface area contributed by atoms with Crippen molar-refractivity contribution >= 4 is 13.3 Å². The van der Waals surface area contributed by atoms with E-state index in [4.69, 9.17) is 4.98 Å². The zero-order chi connectivity index (χ0) is 30.4. The molecule has 0 aliphatic heterocycles. The topological polar surface area (TPSA) is 38.7 Å². The number of benzene rings is 2. The number of pyridine rings is 3. The molecule has 1 radical (unpaired) electrons. The molecular weight excluding hydrogens is 731 g/mol. The summed E-state index contributed by atoms with van der Waals surface area (Å²) in [4.78, 5) is 13.7. The van der Waals surface area contributed by atoms with Crippen LogP contribution in [-0.4, -0.2) is 23.0 Å². The Labute approximate surface area is 279 Å². The maximum atomic E-state index is 4.84. The van der Waals surface area contributed by atoms with E-state index in [2.05, 4.69) is 85.2 Å². The number of hydrogen-bond donors (Lipinski definition) is 0. The first-order valence-corrected chi connectivity index (χ1v) is 19.1. The molecule has 0 bridgehead atoms. The van der Waals surface area contributed by atoms with Gasteiger partial charge in [0.15, 0.2) is 0 Å². The Hall–Kier alpha value is -3.24. The van der Waals surface area contributed by atoms with Gasteiger partial charge in [0.2, 0.25) is 0 Å². The quantitative estimate of drug-likeness (QED) is 0.128. The predicted molar refractivity (Wildman–Crippen MR) is 183 cm³/mol. The van der Waals surface area contributed by atoms with Crippen LogP contribution in [-0.2, 0) is 20.1 Å². The van der Waals surface area contributed by atoms with Gasteiger partial charge in [0.1, 0.15) is 0 Å². The molecule has 0 spiro atoms. The van der Waals surface area contributed by atoms with Crippen molar-refractivity contribution in [1.29, 1.82) is 0 Å². The molecule has 1 aliphatic carbocycles. The van der Waals surface area contributed by atoms with Gasteiger partial charge >= 0.3 is 0 Å². The van der Waals surface area contributed by atoms with Gasteiger partial charge in [-0.05, 0) is 83.7 Å². The Morgan fingerprint density at radius 1 is 0.795 bits per heavy atom. The fourth-order valence-corrected chi connectivity index (χ4v) is 7.79. The van der Waals surface area contributed by atoms with E-state index in [1.54, 1.807) is 0 Å². The van der Waals surface area contributed by atoms with Crippen LogP contribution in [0.3, 0.4) is 0 Å². The van der Waals surface area contributed by atoms with Crippen molar-refractivity contribution in [2.45, 2.75) is 72.0 Å². The summed E-state index contributed by atoms with van der Waals surface area (Å²) in [6, 6.07) is 33.4. The summed E-state index contributed by atoms with van der Waals surface area (Å²) >= 11 is 0. The number of rotatable bonds is 6. The van der Waals surface area contributed by atoms with Gasteiger partial charge in [-0.1, -0.05) is 87.4 Å². The summed E-state index contributed by atoms with van der Waals surface area (Å²) in [6.07, 6.45) is 9.56. The van der Waals surface area contributed by atoms with Gasteiger partial charge in [-0.3, -0.25) is 4.98 Å². The van der Waals surface area contributed by atoms with Crippen LogP contribution in [0.1, 0.15) is 55.5 Å². The smallest absolute Gasteiger partial charge is 0.0798 e. The second kappa shape index (κ2) is 15.2. The normalized spacial score (nSPS) is 13.9. The van der Waals surface area contributed by atoms with Crippen molar-refractivity contribution < 1.29 is 20.1 Å². The van der Waals surface area contributed by atoms with Gasteiger partial charge in [0, 0.05) is 32.5 Å². The Kier molecular flexibility index (Phi) is 11.6. The zero-order valence-corrected chi connectivity index (χ0v) is 30.2. The summed E-state index contributed by atoms with van der Waals surface area (Å²) < 4.78 is 0. The fraction of sp³-hybridized carbons (Fsp3) is 0.308. The summed E-state index contributed by atoms with van der Waals surface area (Å²) in [5.41, 5.74) is 10.0. The van der Waals surface area contributed by atoms with Crippen molar-refractivity contribution in [2.24, 2.45) is 5.92 Å². The van der Waals surface area contributed by atoms with Crippen molar-refractivity contribution in [1.82, 2.24) is 15.0 Å². The third kappa shape index (κ3) is 8.47. The Balaban J connectivity index is 0.000000206. The van der Waals surface area contributed by atoms with Crippen molar-refractivity contribution in [3.8, 4) is 33.6 Å². The van der Waals surface area contributed by atoms with E-state index < -0.39 is 8.07 Å². The van der Waals surface area contributed by atoms with Gasteiger partial charge in [-0.2, -0.15) is 11.6 Å². The number of nitrogens with zero attached hydrogens (tertiary/aromatic N) is 3. The van der Waals surface area contributed by atoms with Crippen LogP contribution >= 0.6 is 0 Å². The van der Waals surface area contributed by atoms with Crippen molar-refractivity contribution in [3.63, 3.8) is 0 Å². The molecule has 44 heavy (non-hydrogen) atoms. The van der Waals surface area contributed by atoms with Crippen LogP contribution in [0.25, 0.3) is 33.6 Å². The molecule has 3 aromatic heterocycles. The molecule has 2 aromatic carbocycles. The first-order chi connectivity index (χ1) is 20.7. The van der Waals surface area contributed by atoms with E-state index in [1.807, 2.05) is 68.6 Å². The van der Waals surface area contributed by atoms with Gasteiger partial charge in [-0.15, -0.1) is 42.0 Å². The molecule has 5 aromatic rings. The molecule has 1 fully saturated rings. The minimum Gasteiger partial charge on any atom is -0.321 e. The zero-order valence-electron chi connectivity index (χ0n) is 26.8. The number of aryl methyl sites for hydroxylation is 2. The van der Waals surface area contributed by atoms with Gasteiger partial charge in [-0.25, -0.2) is 0 Å². The minimum atomic E-state index is -1.42. The Morgan fingerprint density at radius 2 is 1.50 bits per heavy atom. The van der Waals surface area contributed by atoms with Crippen molar-refractivity contribution in [3.05, 3.63) is 120 Å². The third-order valence-corrected chi connectivity index (χ3v) is 10.5. The minimum absolute atomic E-state index is 0. The molecule has 1 unspecified atom stereocenters. The van der Waals surface area contributed by atoms with E-state index in [9.17, 15) is 0 Å². The van der Waals surface area contributed by atoms with Crippen LogP contribution < -0.4 is 5.19 Å². The molecule has 1 aliphatic rings. The van der Waals surface area contributed by atoms with E-state index in [0.717, 1.165) is 39.8 Å². The van der Waals surface area contributed by atoms with E-state index >= 15 is 0 Å². The summed E-state index contributed by atoms with van der Waals surface area (Å²) in [6.45, 7) is 13.8. The third-order valence-electron chi connectivity index (χ3n) is 8.48. The molecule has 0 amide bonds. The molecule has 0 N–H and O–H groups in total. The monoisotopic (exact) mass is 774 g/mol. The van der Waals surface area contributed by atoms with Crippen LogP contribution in [0.15, 0.2) is 91.3 Å². The SMILES string of the molecule is Cc1[c-]c(-c2cc(C(C)C3CCCC3)c([Si](C)(C)C)cn2)cc(C)n1.[Ir].[c-]1ccccc1-c1cc(-c2ccccc2)ccn1. The van der Waals surface area contributed by atoms with E-state index in [1.165, 1.54) is 47.6 Å². The van der Waals surface area contributed by atoms with Gasteiger partial charge in [0.05, 0.1) is 8.07 Å². The number of hydrogen-bond acceptors (Lipinski definition) is 3. The molecule has 6 rings (SSSR count). The molecule has 1 atom stereocenters. The average Bonchev–Trinajstić information content (AvgIpc) is 3.56. The molecule has 0 saturated heterocycles. The Morgan fingerprint density at radius 3 is 2.16 bits per heavy atom. The molecular formula is C39H43IrN3Si-2.